The first-order chi connectivity index (χ1) is 3.39. The van der Waals surface area contributed by atoms with E-state index in [-0.39, 0.29) is 0 Å². The van der Waals surface area contributed by atoms with Gasteiger partial charge in [0.15, 0.2) is 0 Å². The molecule has 2 bridgehead atoms. The average Bonchev–Trinajstić information content (AvgIpc) is 2.03. The molecule has 4 saturated carbocycles. The molecule has 4 aliphatic rings. The zero-order valence-corrected chi connectivity index (χ0v) is 4.48. The van der Waals surface area contributed by atoms with Crippen LogP contribution in [0.1, 0.15) is 25.7 Å². The Hall–Kier alpha value is 0. The predicted molar refractivity (Wildman–Crippen MR) is 27.9 cm³/mol. The lowest BCUT2D eigenvalue weighted by atomic mass is 9.77. The lowest BCUT2D eigenvalue weighted by Crippen LogP contribution is -2.17. The van der Waals surface area contributed by atoms with Crippen LogP contribution < -0.4 is 0 Å². The fraction of sp³-hybridized carbons (Fsp3) is 1.00. The molecular weight excluding hydrogens is 84.1 g/mol. The normalized spacial score (nSPS) is 72.0. The van der Waals surface area contributed by atoms with Crippen molar-refractivity contribution < 1.29 is 0 Å². The second-order valence-corrected chi connectivity index (χ2v) is 3.77. The Kier molecular flexibility index (Phi) is 0.260. The molecule has 0 aliphatic heterocycles. The third-order valence-electron chi connectivity index (χ3n) is 3.37. The van der Waals surface area contributed by atoms with Gasteiger partial charge in [0, 0.05) is 0 Å². The van der Waals surface area contributed by atoms with Crippen LogP contribution in [0.25, 0.3) is 0 Å². The van der Waals surface area contributed by atoms with Crippen molar-refractivity contribution in [2.45, 2.75) is 25.7 Å². The third kappa shape index (κ3) is 0.181. The summed E-state index contributed by atoms with van der Waals surface area (Å²) in [6.45, 7) is 0. The zero-order chi connectivity index (χ0) is 4.48. The molecule has 1 unspecified atom stereocenters. The molecule has 1 atom stereocenters. The molecule has 0 radical (unpaired) electrons. The third-order valence-corrected chi connectivity index (χ3v) is 3.37. The van der Waals surface area contributed by atoms with Crippen molar-refractivity contribution in [3.05, 3.63) is 0 Å². The highest BCUT2D eigenvalue weighted by Crippen LogP contribution is 2.77. The van der Waals surface area contributed by atoms with Crippen molar-refractivity contribution in [3.8, 4) is 0 Å². The second-order valence-electron chi connectivity index (χ2n) is 3.77. The minimum atomic E-state index is 1.00. The Balaban J connectivity index is 2.15. The molecule has 0 aromatic heterocycles. The number of hydrogen-bond donors (Lipinski definition) is 0. The summed E-state index contributed by atoms with van der Waals surface area (Å²) in [6, 6.07) is 0. The van der Waals surface area contributed by atoms with Gasteiger partial charge in [-0.15, -0.1) is 0 Å². The smallest absolute Gasteiger partial charge is 0.0261 e. The summed E-state index contributed by atoms with van der Waals surface area (Å²) < 4.78 is 0. The van der Waals surface area contributed by atoms with Crippen LogP contribution in [0.15, 0.2) is 0 Å². The highest BCUT2D eigenvalue weighted by molar-refractivity contribution is 5.17. The minimum absolute atomic E-state index is 1.00. The van der Waals surface area contributed by atoms with Gasteiger partial charge in [0.2, 0.25) is 0 Å². The van der Waals surface area contributed by atoms with Crippen LogP contribution in [0.2, 0.25) is 0 Å². The van der Waals surface area contributed by atoms with Crippen molar-refractivity contribution in [2.75, 3.05) is 0 Å². The van der Waals surface area contributed by atoms with E-state index in [1.807, 2.05) is 0 Å². The van der Waals surface area contributed by atoms with Gasteiger partial charge in [-0.2, -0.15) is 0 Å². The van der Waals surface area contributed by atoms with E-state index in [0.717, 1.165) is 5.41 Å². The van der Waals surface area contributed by atoms with E-state index in [0.29, 0.717) is 0 Å². The maximum absolute atomic E-state index is 1.62. The van der Waals surface area contributed by atoms with E-state index in [1.165, 1.54) is 11.8 Å². The van der Waals surface area contributed by atoms with Gasteiger partial charge in [-0.25, -0.2) is 0 Å². The molecule has 0 aromatic carbocycles. The molecule has 38 valence electrons. The van der Waals surface area contributed by atoms with E-state index in [1.54, 1.807) is 25.7 Å². The van der Waals surface area contributed by atoms with Crippen LogP contribution in [0.3, 0.4) is 0 Å². The van der Waals surface area contributed by atoms with Gasteiger partial charge in [0.1, 0.15) is 0 Å². The molecule has 4 rings (SSSR count). The van der Waals surface area contributed by atoms with Crippen LogP contribution in [0.5, 0.6) is 0 Å². The van der Waals surface area contributed by atoms with E-state index in [4.69, 9.17) is 0 Å². The van der Waals surface area contributed by atoms with E-state index in [9.17, 15) is 0 Å². The molecule has 0 amide bonds. The van der Waals surface area contributed by atoms with Crippen molar-refractivity contribution in [2.24, 2.45) is 17.3 Å². The topological polar surface area (TPSA) is 0 Å². The fourth-order valence-corrected chi connectivity index (χ4v) is 2.92. The van der Waals surface area contributed by atoms with Gasteiger partial charge in [0.05, 0.1) is 0 Å². The van der Waals surface area contributed by atoms with E-state index in [2.05, 4.69) is 0 Å². The zero-order valence-electron chi connectivity index (χ0n) is 4.48. The quantitative estimate of drug-likeness (QED) is 0.429. The molecule has 0 heteroatoms. The first-order valence-electron chi connectivity index (χ1n) is 3.39. The minimum Gasteiger partial charge on any atom is -0.0470 e. The lowest BCUT2D eigenvalue weighted by molar-refractivity contribution is 0.229. The predicted octanol–water partition coefficient (Wildman–Crippen LogP) is 1.81. The Bertz CT molecular complexity index is 117. The highest BCUT2D eigenvalue weighted by Gasteiger charge is 2.67. The van der Waals surface area contributed by atoms with Gasteiger partial charge in [-0.1, -0.05) is 0 Å². The molecular formula is C7H10. The molecule has 4 aliphatic carbocycles. The summed E-state index contributed by atoms with van der Waals surface area (Å²) in [5, 5.41) is 0. The van der Waals surface area contributed by atoms with Gasteiger partial charge in [0.25, 0.3) is 0 Å². The van der Waals surface area contributed by atoms with Crippen LogP contribution in [-0.4, -0.2) is 0 Å². The molecule has 0 saturated heterocycles. The largest absolute Gasteiger partial charge is 0.0470 e. The summed E-state index contributed by atoms with van der Waals surface area (Å²) in [5.74, 6) is 2.44. The Morgan fingerprint density at radius 1 is 1.14 bits per heavy atom. The monoisotopic (exact) mass is 94.1 g/mol. The first-order valence-corrected chi connectivity index (χ1v) is 3.39. The van der Waals surface area contributed by atoms with Crippen molar-refractivity contribution in [1.82, 2.24) is 0 Å². The van der Waals surface area contributed by atoms with E-state index < -0.39 is 0 Å². The first kappa shape index (κ1) is 3.11. The maximum Gasteiger partial charge on any atom is -0.0261 e. The van der Waals surface area contributed by atoms with Gasteiger partial charge < -0.3 is 0 Å². The Morgan fingerprint density at radius 3 is 2.14 bits per heavy atom. The molecule has 0 heterocycles. The molecule has 0 N–H and O–H groups in total. The summed E-state index contributed by atoms with van der Waals surface area (Å²) in [5.41, 5.74) is 1.00. The SMILES string of the molecule is C1C2CC3(C2)CC13. The Morgan fingerprint density at radius 2 is 2.00 bits per heavy atom. The van der Waals surface area contributed by atoms with Crippen LogP contribution >= 0.6 is 0 Å². The summed E-state index contributed by atoms with van der Waals surface area (Å²) in [4.78, 5) is 0. The number of rotatable bonds is 0. The molecule has 1 spiro atoms. The standard InChI is InChI=1S/C7H10/c1-5-2-7(3-5)4-6(1)7/h5-6H,1-4H2. The summed E-state index contributed by atoms with van der Waals surface area (Å²) in [7, 11) is 0. The van der Waals surface area contributed by atoms with Crippen molar-refractivity contribution in [3.63, 3.8) is 0 Å². The molecule has 7 heavy (non-hydrogen) atoms. The fourth-order valence-electron chi connectivity index (χ4n) is 2.92. The van der Waals surface area contributed by atoms with Crippen molar-refractivity contribution in [1.29, 1.82) is 0 Å². The van der Waals surface area contributed by atoms with Crippen LogP contribution in [0, 0.1) is 17.3 Å². The average molecular weight is 94.2 g/mol. The van der Waals surface area contributed by atoms with Crippen LogP contribution in [0.4, 0.5) is 0 Å². The Labute approximate surface area is 43.9 Å². The maximum atomic E-state index is 1.62. The van der Waals surface area contributed by atoms with E-state index >= 15 is 0 Å². The molecule has 0 nitrogen and oxygen atoms in total. The number of hydrogen-bond acceptors (Lipinski definition) is 0. The summed E-state index contributed by atoms with van der Waals surface area (Å²) >= 11 is 0. The van der Waals surface area contributed by atoms with Crippen LogP contribution in [-0.2, 0) is 0 Å². The van der Waals surface area contributed by atoms with Gasteiger partial charge in [-0.05, 0) is 42.9 Å². The van der Waals surface area contributed by atoms with Gasteiger partial charge >= 0.3 is 0 Å². The molecule has 4 fully saturated rings. The summed E-state index contributed by atoms with van der Waals surface area (Å²) in [6.07, 6.45) is 6.47. The second kappa shape index (κ2) is 0.586. The van der Waals surface area contributed by atoms with Gasteiger partial charge in [-0.3, -0.25) is 0 Å². The molecule has 0 aromatic rings. The highest BCUT2D eigenvalue weighted by atomic mass is 14.7. The van der Waals surface area contributed by atoms with Crippen molar-refractivity contribution >= 4 is 0 Å². The lowest BCUT2D eigenvalue weighted by Gasteiger charge is -2.28.